The molecule has 1 aliphatic rings. The number of H-pyrrole nitrogens is 1. The molecule has 0 saturated carbocycles. The van der Waals surface area contributed by atoms with Gasteiger partial charge in [0, 0.05) is 36.6 Å². The summed E-state index contributed by atoms with van der Waals surface area (Å²) in [5, 5.41) is 1.31. The minimum Gasteiger partial charge on any atom is -0.397 e. The van der Waals surface area contributed by atoms with E-state index in [-0.39, 0.29) is 1.43 Å². The van der Waals surface area contributed by atoms with Crippen molar-refractivity contribution in [2.45, 2.75) is 26.7 Å². The summed E-state index contributed by atoms with van der Waals surface area (Å²) >= 11 is 0. The number of rotatable bonds is 2. The van der Waals surface area contributed by atoms with E-state index in [1.54, 1.807) is 0 Å². The topological polar surface area (TPSA) is 54.2 Å². The Balaban J connectivity index is 0.00000156. The van der Waals surface area contributed by atoms with Crippen LogP contribution in [0.5, 0.6) is 0 Å². The molecule has 0 spiro atoms. The summed E-state index contributed by atoms with van der Waals surface area (Å²) in [5.74, 6) is 0. The first kappa shape index (κ1) is 13.1. The molecule has 2 aromatic carbocycles. The van der Waals surface area contributed by atoms with E-state index in [9.17, 15) is 0 Å². The zero-order chi connectivity index (χ0) is 15.3. The maximum absolute atomic E-state index is 6.02. The number of anilines is 1. The molecule has 1 aliphatic heterocycles. The number of nitrogens with one attached hydrogen (secondary N) is 1. The van der Waals surface area contributed by atoms with Crippen LogP contribution < -0.4 is 5.73 Å². The first-order valence-electron chi connectivity index (χ1n) is 7.63. The first-order valence-corrected chi connectivity index (χ1v) is 7.63. The maximum atomic E-state index is 6.02. The number of aromatic nitrogens is 1. The van der Waals surface area contributed by atoms with Gasteiger partial charge in [0.2, 0.25) is 0 Å². The number of nitrogens with zero attached hydrogens (tertiary/aromatic N) is 1. The fourth-order valence-electron chi connectivity index (χ4n) is 3.29. The molecule has 4 rings (SSSR count). The van der Waals surface area contributed by atoms with Crippen LogP contribution in [0.1, 0.15) is 23.8 Å². The van der Waals surface area contributed by atoms with E-state index < -0.39 is 0 Å². The monoisotopic (exact) mass is 291 g/mol. The molecule has 22 heavy (non-hydrogen) atoms. The second-order valence-corrected chi connectivity index (χ2v) is 6.16. The summed E-state index contributed by atoms with van der Waals surface area (Å²) in [7, 11) is 0. The van der Waals surface area contributed by atoms with E-state index in [0.29, 0.717) is 0 Å². The fourth-order valence-corrected chi connectivity index (χ4v) is 3.29. The van der Waals surface area contributed by atoms with E-state index in [1.807, 2.05) is 12.1 Å². The summed E-state index contributed by atoms with van der Waals surface area (Å²) in [6.07, 6.45) is 1.75. The van der Waals surface area contributed by atoms with Crippen LogP contribution in [-0.4, -0.2) is 10.7 Å². The largest absolute Gasteiger partial charge is 0.397 e. The number of para-hydroxylation sites is 1. The smallest absolute Gasteiger partial charge is 0.0894 e. The molecule has 0 aliphatic carbocycles. The van der Waals surface area contributed by atoms with Crippen LogP contribution in [0.4, 0.5) is 11.4 Å². The molecule has 2 heterocycles. The van der Waals surface area contributed by atoms with Crippen LogP contribution in [0.2, 0.25) is 0 Å². The third kappa shape index (κ3) is 2.01. The third-order valence-corrected chi connectivity index (χ3v) is 4.51. The van der Waals surface area contributed by atoms with Gasteiger partial charge in [0.05, 0.1) is 11.4 Å². The molecule has 3 nitrogen and oxygen atoms in total. The van der Waals surface area contributed by atoms with Crippen molar-refractivity contribution in [1.82, 2.24) is 4.98 Å². The molecule has 0 amide bonds. The highest BCUT2D eigenvalue weighted by atomic mass is 14.8. The highest BCUT2D eigenvalue weighted by Gasteiger charge is 2.18. The summed E-state index contributed by atoms with van der Waals surface area (Å²) < 4.78 is 0. The van der Waals surface area contributed by atoms with Crippen LogP contribution in [0.15, 0.2) is 41.4 Å². The number of benzene rings is 2. The number of aliphatic imine (C=N–C) groups is 1. The van der Waals surface area contributed by atoms with Gasteiger partial charge in [-0.2, -0.15) is 0 Å². The number of nitrogen functional groups attached to an aromatic ring is 1. The highest BCUT2D eigenvalue weighted by Crippen LogP contribution is 2.33. The van der Waals surface area contributed by atoms with Crippen molar-refractivity contribution in [2.75, 3.05) is 5.73 Å². The Bertz CT molecular complexity index is 922. The van der Waals surface area contributed by atoms with Gasteiger partial charge >= 0.3 is 0 Å². The van der Waals surface area contributed by atoms with Gasteiger partial charge in [-0.3, -0.25) is 4.99 Å². The third-order valence-electron chi connectivity index (χ3n) is 4.51. The van der Waals surface area contributed by atoms with Crippen molar-refractivity contribution in [1.29, 1.82) is 0 Å². The van der Waals surface area contributed by atoms with Crippen LogP contribution in [0, 0.1) is 13.8 Å². The van der Waals surface area contributed by atoms with Crippen LogP contribution in [0.25, 0.3) is 10.9 Å². The Hall–Kier alpha value is -2.55. The van der Waals surface area contributed by atoms with E-state index in [4.69, 9.17) is 10.7 Å². The first-order chi connectivity index (χ1) is 10.6. The van der Waals surface area contributed by atoms with Gasteiger partial charge in [-0.05, 0) is 43.2 Å². The molecule has 0 bridgehead atoms. The fraction of sp³-hybridized carbons (Fsp3) is 0.211. The molecule has 0 radical (unpaired) electrons. The van der Waals surface area contributed by atoms with Crippen LogP contribution in [-0.2, 0) is 12.8 Å². The SMILES string of the molecule is Cc1ccc2[nH]c(CC3=Nc4c(N)cccc4C3)c(C)c2c1.[HH]. The lowest BCUT2D eigenvalue weighted by atomic mass is 10.0. The minimum absolute atomic E-state index is 0. The normalized spacial score (nSPS) is 13.5. The summed E-state index contributed by atoms with van der Waals surface area (Å²) in [5.41, 5.74) is 15.2. The van der Waals surface area contributed by atoms with E-state index >= 15 is 0 Å². The Morgan fingerprint density at radius 2 is 2.09 bits per heavy atom. The standard InChI is InChI=1S/C19H19N3.H2/c1-11-6-7-17-15(8-11)12(2)18(22-17)10-14-9-13-4-3-5-16(20)19(13)21-14;/h3-8,22H,9-10,20H2,1-2H3;1H. The zero-order valence-corrected chi connectivity index (χ0v) is 12.9. The Morgan fingerprint density at radius 1 is 1.23 bits per heavy atom. The molecule has 3 heteroatoms. The Labute approximate surface area is 131 Å². The molecule has 0 fully saturated rings. The van der Waals surface area contributed by atoms with Crippen molar-refractivity contribution in [3.8, 4) is 0 Å². The quantitative estimate of drug-likeness (QED) is 0.672. The van der Waals surface area contributed by atoms with Crippen LogP contribution >= 0.6 is 0 Å². The lowest BCUT2D eigenvalue weighted by Gasteiger charge is -2.00. The summed E-state index contributed by atoms with van der Waals surface area (Å²) in [4.78, 5) is 8.29. The van der Waals surface area contributed by atoms with Crippen molar-refractivity contribution in [3.63, 3.8) is 0 Å². The van der Waals surface area contributed by atoms with Crippen LogP contribution in [0.3, 0.4) is 0 Å². The van der Waals surface area contributed by atoms with E-state index in [1.165, 1.54) is 39.0 Å². The number of hydrogen-bond donors (Lipinski definition) is 2. The second-order valence-electron chi connectivity index (χ2n) is 6.16. The number of hydrogen-bond acceptors (Lipinski definition) is 2. The molecule has 3 N–H and O–H groups in total. The van der Waals surface area contributed by atoms with Gasteiger partial charge in [-0.25, -0.2) is 0 Å². The Kier molecular flexibility index (Phi) is 2.83. The number of aryl methyl sites for hydroxylation is 2. The molecule has 112 valence electrons. The number of fused-ring (bicyclic) bond motifs is 2. The van der Waals surface area contributed by atoms with Gasteiger partial charge in [0.15, 0.2) is 0 Å². The predicted octanol–water partition coefficient (Wildman–Crippen LogP) is 4.48. The van der Waals surface area contributed by atoms with Gasteiger partial charge in [-0.1, -0.05) is 23.8 Å². The van der Waals surface area contributed by atoms with Crippen molar-refractivity contribution in [3.05, 3.63) is 58.8 Å². The van der Waals surface area contributed by atoms with Gasteiger partial charge in [0.25, 0.3) is 0 Å². The van der Waals surface area contributed by atoms with Crippen molar-refractivity contribution in [2.24, 2.45) is 4.99 Å². The van der Waals surface area contributed by atoms with E-state index in [0.717, 1.165) is 24.2 Å². The average Bonchev–Trinajstić information content (AvgIpc) is 3.03. The van der Waals surface area contributed by atoms with Gasteiger partial charge in [-0.15, -0.1) is 0 Å². The number of nitrogens with two attached hydrogens (primary N) is 1. The molecular formula is C19H21N3. The average molecular weight is 291 g/mol. The molecule has 3 aromatic rings. The second kappa shape index (κ2) is 4.73. The lowest BCUT2D eigenvalue weighted by molar-refractivity contribution is 1.15. The minimum atomic E-state index is 0. The molecule has 0 saturated heterocycles. The molecule has 0 atom stereocenters. The van der Waals surface area contributed by atoms with Crippen molar-refractivity contribution >= 4 is 28.0 Å². The lowest BCUT2D eigenvalue weighted by Crippen LogP contribution is -2.04. The van der Waals surface area contributed by atoms with Gasteiger partial charge < -0.3 is 10.7 Å². The highest BCUT2D eigenvalue weighted by molar-refractivity contribution is 5.98. The zero-order valence-electron chi connectivity index (χ0n) is 12.9. The molecular weight excluding hydrogens is 270 g/mol. The molecule has 0 unspecified atom stereocenters. The maximum Gasteiger partial charge on any atom is 0.0894 e. The predicted molar refractivity (Wildman–Crippen MR) is 95.2 cm³/mol. The summed E-state index contributed by atoms with van der Waals surface area (Å²) in [6, 6.07) is 12.6. The number of aromatic amines is 1. The Morgan fingerprint density at radius 3 is 2.91 bits per heavy atom. The molecule has 1 aromatic heterocycles. The van der Waals surface area contributed by atoms with Crippen molar-refractivity contribution < 1.29 is 1.43 Å². The summed E-state index contributed by atoms with van der Waals surface area (Å²) in [6.45, 7) is 4.32. The van der Waals surface area contributed by atoms with E-state index in [2.05, 4.69) is 43.1 Å². The van der Waals surface area contributed by atoms with Gasteiger partial charge in [0.1, 0.15) is 0 Å².